The highest BCUT2D eigenvalue weighted by atomic mass is 16.5. The molecule has 3 aliphatic heterocycles. The van der Waals surface area contributed by atoms with Gasteiger partial charge in [-0.05, 0) is 31.9 Å². The molecule has 3 aliphatic rings. The summed E-state index contributed by atoms with van der Waals surface area (Å²) in [4.78, 5) is 38.0. The van der Waals surface area contributed by atoms with E-state index in [0.717, 1.165) is 22.4 Å². The summed E-state index contributed by atoms with van der Waals surface area (Å²) in [5, 5.41) is 8.89. The van der Waals surface area contributed by atoms with Gasteiger partial charge in [-0.1, -0.05) is 23.8 Å². The van der Waals surface area contributed by atoms with E-state index in [4.69, 9.17) is 14.8 Å². The molecule has 0 aliphatic carbocycles. The van der Waals surface area contributed by atoms with Crippen molar-refractivity contribution >= 4 is 17.9 Å². The lowest BCUT2D eigenvalue weighted by atomic mass is 10.0. The zero-order valence-electron chi connectivity index (χ0n) is 18.4. The smallest absolute Gasteiger partial charge is 0.328 e. The third kappa shape index (κ3) is 3.68. The molecule has 2 atom stereocenters. The van der Waals surface area contributed by atoms with Crippen LogP contribution in [0.5, 0.6) is 0 Å². The fourth-order valence-electron chi connectivity index (χ4n) is 4.29. The van der Waals surface area contributed by atoms with Crippen LogP contribution >= 0.6 is 0 Å². The van der Waals surface area contributed by atoms with Crippen molar-refractivity contribution in [1.82, 2.24) is 19.6 Å². The number of allylic oxidation sites excluding steroid dienone is 1. The van der Waals surface area contributed by atoms with Crippen LogP contribution in [0.2, 0.25) is 0 Å². The van der Waals surface area contributed by atoms with Crippen molar-refractivity contribution in [3.63, 3.8) is 0 Å². The number of carbonyl (C=O) groups is 2. The molecule has 166 valence electrons. The second-order valence-electron chi connectivity index (χ2n) is 8.20. The lowest BCUT2D eigenvalue weighted by molar-refractivity contribution is -0.137. The van der Waals surface area contributed by atoms with Gasteiger partial charge in [0.1, 0.15) is 0 Å². The number of nitrogens with zero attached hydrogens (tertiary/aromatic N) is 5. The van der Waals surface area contributed by atoms with Crippen LogP contribution in [0.3, 0.4) is 0 Å². The second kappa shape index (κ2) is 8.32. The first-order chi connectivity index (χ1) is 14.8. The van der Waals surface area contributed by atoms with E-state index in [1.54, 1.807) is 11.9 Å². The number of aliphatic hydroxyl groups is 1. The number of imide groups is 1. The first-order valence-electron chi connectivity index (χ1n) is 10.5. The number of aryl methyl sites for hydroxylation is 2. The van der Waals surface area contributed by atoms with Crippen molar-refractivity contribution in [2.75, 3.05) is 33.4 Å². The zero-order valence-corrected chi connectivity index (χ0v) is 18.4. The summed E-state index contributed by atoms with van der Waals surface area (Å²) in [6.45, 7) is 7.41. The third-order valence-corrected chi connectivity index (χ3v) is 6.03. The summed E-state index contributed by atoms with van der Waals surface area (Å²) in [5.74, 6) is 0.414. The van der Waals surface area contributed by atoms with Crippen LogP contribution in [0, 0.1) is 13.8 Å². The minimum atomic E-state index is -0.582. The predicted octanol–water partition coefficient (Wildman–Crippen LogP) is 1.25. The van der Waals surface area contributed by atoms with Crippen LogP contribution in [0.1, 0.15) is 23.6 Å². The van der Waals surface area contributed by atoms with Gasteiger partial charge < -0.3 is 24.5 Å². The predicted molar refractivity (Wildman–Crippen MR) is 115 cm³/mol. The molecule has 1 saturated heterocycles. The Morgan fingerprint density at radius 2 is 1.90 bits per heavy atom. The average molecular weight is 428 g/mol. The Bertz CT molecular complexity index is 959. The maximum atomic E-state index is 13.5. The van der Waals surface area contributed by atoms with Gasteiger partial charge >= 0.3 is 6.03 Å². The molecule has 1 N–H and O–H groups in total. The van der Waals surface area contributed by atoms with Gasteiger partial charge in [-0.3, -0.25) is 9.69 Å². The Morgan fingerprint density at radius 1 is 1.13 bits per heavy atom. The van der Waals surface area contributed by atoms with Gasteiger partial charge in [0.15, 0.2) is 12.2 Å². The number of hydrogen-bond acceptors (Lipinski definition) is 7. The quantitative estimate of drug-likeness (QED) is 0.659. The monoisotopic (exact) mass is 427 g/mol. The molecule has 3 amide bonds. The van der Waals surface area contributed by atoms with E-state index in [-0.39, 0.29) is 31.7 Å². The van der Waals surface area contributed by atoms with E-state index in [1.165, 1.54) is 4.90 Å². The summed E-state index contributed by atoms with van der Waals surface area (Å²) in [7, 11) is 1.69. The highest BCUT2D eigenvalue weighted by Gasteiger charge is 2.54. The van der Waals surface area contributed by atoms with Gasteiger partial charge in [0.05, 0.1) is 26.4 Å². The van der Waals surface area contributed by atoms with Gasteiger partial charge in [0.25, 0.3) is 5.91 Å². The molecule has 2 unspecified atom stereocenters. The summed E-state index contributed by atoms with van der Waals surface area (Å²) in [6.07, 6.45) is 1.35. The molecule has 1 aromatic carbocycles. The first-order valence-corrected chi connectivity index (χ1v) is 10.5. The molecule has 9 heteroatoms. The Balaban J connectivity index is 1.56. The summed E-state index contributed by atoms with van der Waals surface area (Å²) in [5.41, 5.74) is 4.06. The molecule has 0 spiro atoms. The lowest BCUT2D eigenvalue weighted by Gasteiger charge is -2.40. The van der Waals surface area contributed by atoms with E-state index in [1.807, 2.05) is 55.0 Å². The number of carbonyl (C=O) groups excluding carboxylic acids is 2. The topological polar surface area (TPSA) is 88.9 Å². The highest BCUT2D eigenvalue weighted by Crippen LogP contribution is 2.34. The van der Waals surface area contributed by atoms with Gasteiger partial charge in [-0.25, -0.2) is 9.79 Å². The number of hydrogen-bond donors (Lipinski definition) is 1. The standard InChI is InChI=1S/C22H29N5O4/c1-14-5-6-15(2)17(11-14)13-27-20(29)18-19(24(4)22(27)30)23-21-25(7-9-31-10-8-28)16(3)12-26(18)21/h5-6,11-12,18-19,28H,7-10,13H2,1-4H3. The van der Waals surface area contributed by atoms with Crippen LogP contribution in [0.15, 0.2) is 35.1 Å². The molecule has 4 rings (SSSR count). The number of aliphatic imine (C=N–C) groups is 1. The summed E-state index contributed by atoms with van der Waals surface area (Å²) >= 11 is 0. The molecule has 0 saturated carbocycles. The number of fused-ring (bicyclic) bond motifs is 3. The van der Waals surface area contributed by atoms with Gasteiger partial charge in [0.2, 0.25) is 5.96 Å². The maximum Gasteiger partial charge on any atom is 0.328 e. The van der Waals surface area contributed by atoms with Crippen molar-refractivity contribution in [2.45, 2.75) is 39.5 Å². The molecular formula is C22H29N5O4. The largest absolute Gasteiger partial charge is 0.394 e. The summed E-state index contributed by atoms with van der Waals surface area (Å²) in [6, 6.07) is 5.13. The minimum Gasteiger partial charge on any atom is -0.394 e. The van der Waals surface area contributed by atoms with Crippen LogP contribution in [0.25, 0.3) is 0 Å². The third-order valence-electron chi connectivity index (χ3n) is 6.03. The van der Waals surface area contributed by atoms with E-state index < -0.39 is 12.2 Å². The number of likely N-dealkylation sites (N-methyl/N-ethyl adjacent to an activating group) is 1. The number of guanidine groups is 1. The SMILES string of the molecule is CC1=CN2C(=NC3C2C(=O)N(Cc2cc(C)ccc2C)C(=O)N3C)N1CCOCCO. The van der Waals surface area contributed by atoms with Crippen molar-refractivity contribution in [3.8, 4) is 0 Å². The van der Waals surface area contributed by atoms with Gasteiger partial charge in [-0.15, -0.1) is 0 Å². The van der Waals surface area contributed by atoms with E-state index in [9.17, 15) is 9.59 Å². The van der Waals surface area contributed by atoms with Gasteiger partial charge in [0, 0.05) is 25.5 Å². The van der Waals surface area contributed by atoms with Crippen LogP contribution in [-0.4, -0.2) is 88.2 Å². The average Bonchev–Trinajstić information content (AvgIpc) is 3.24. The molecule has 1 aromatic rings. The zero-order chi connectivity index (χ0) is 22.3. The van der Waals surface area contributed by atoms with Crippen LogP contribution in [-0.2, 0) is 16.1 Å². The number of benzene rings is 1. The van der Waals surface area contributed by atoms with Crippen molar-refractivity contribution < 1.29 is 19.4 Å². The Labute approximate surface area is 182 Å². The van der Waals surface area contributed by atoms with E-state index in [0.29, 0.717) is 19.1 Å². The number of aliphatic hydroxyl groups excluding tert-OH is 1. The molecule has 9 nitrogen and oxygen atoms in total. The Morgan fingerprint density at radius 3 is 2.65 bits per heavy atom. The van der Waals surface area contributed by atoms with Crippen molar-refractivity contribution in [2.24, 2.45) is 4.99 Å². The lowest BCUT2D eigenvalue weighted by Crippen LogP contribution is -2.63. The maximum absolute atomic E-state index is 13.5. The molecule has 31 heavy (non-hydrogen) atoms. The minimum absolute atomic E-state index is 0.0241. The number of ether oxygens (including phenoxy) is 1. The fourth-order valence-corrected chi connectivity index (χ4v) is 4.29. The van der Waals surface area contributed by atoms with Crippen LogP contribution < -0.4 is 0 Å². The van der Waals surface area contributed by atoms with Crippen molar-refractivity contribution in [3.05, 3.63) is 46.8 Å². The number of amides is 3. The molecule has 0 bridgehead atoms. The van der Waals surface area contributed by atoms with E-state index in [2.05, 4.69) is 0 Å². The van der Waals surface area contributed by atoms with E-state index >= 15 is 0 Å². The number of urea groups is 1. The summed E-state index contributed by atoms with van der Waals surface area (Å²) < 4.78 is 5.39. The van der Waals surface area contributed by atoms with Gasteiger partial charge in [-0.2, -0.15) is 0 Å². The highest BCUT2D eigenvalue weighted by molar-refractivity contribution is 6.04. The Kier molecular flexibility index (Phi) is 5.72. The normalized spacial score (nSPS) is 22.7. The second-order valence-corrected chi connectivity index (χ2v) is 8.20. The Hall–Kier alpha value is -2.91. The molecule has 3 heterocycles. The number of rotatable bonds is 7. The van der Waals surface area contributed by atoms with Crippen LogP contribution in [0.4, 0.5) is 4.79 Å². The molecule has 0 aromatic heterocycles. The first kappa shape index (κ1) is 21.3. The molecule has 0 radical (unpaired) electrons. The molecule has 1 fully saturated rings. The van der Waals surface area contributed by atoms with Crippen molar-refractivity contribution in [1.29, 1.82) is 0 Å². The fraction of sp³-hybridized carbons (Fsp3) is 0.500. The molecular weight excluding hydrogens is 398 g/mol.